The van der Waals surface area contributed by atoms with E-state index in [-0.39, 0.29) is 25.2 Å². The van der Waals surface area contributed by atoms with Gasteiger partial charge in [-0.3, -0.25) is 9.59 Å². The van der Waals surface area contributed by atoms with Crippen molar-refractivity contribution < 1.29 is 22.8 Å². The lowest BCUT2D eigenvalue weighted by Gasteiger charge is -2.34. The normalized spacial score (nSPS) is 15.4. The van der Waals surface area contributed by atoms with Crippen LogP contribution in [0.4, 0.5) is 18.9 Å². The second-order valence-corrected chi connectivity index (χ2v) is 6.62. The van der Waals surface area contributed by atoms with Crippen molar-refractivity contribution in [3.8, 4) is 0 Å². The minimum atomic E-state index is -4.59. The van der Waals surface area contributed by atoms with Crippen LogP contribution in [0.5, 0.6) is 0 Å². The van der Waals surface area contributed by atoms with Gasteiger partial charge in [-0.1, -0.05) is 41.9 Å². The topological polar surface area (TPSA) is 40.6 Å². The number of para-hydroxylation sites is 1. The van der Waals surface area contributed by atoms with Crippen LogP contribution in [-0.2, 0) is 22.3 Å². The summed E-state index contributed by atoms with van der Waals surface area (Å²) < 4.78 is 39.0. The first-order valence-electron chi connectivity index (χ1n) is 8.21. The molecule has 1 fully saturated rings. The molecule has 0 aliphatic carbocycles. The number of amides is 2. The van der Waals surface area contributed by atoms with Crippen LogP contribution in [0.3, 0.4) is 0 Å². The van der Waals surface area contributed by atoms with E-state index in [4.69, 9.17) is 11.6 Å². The molecule has 0 radical (unpaired) electrons. The van der Waals surface area contributed by atoms with Gasteiger partial charge < -0.3 is 9.80 Å². The Kier molecular flexibility index (Phi) is 5.15. The van der Waals surface area contributed by atoms with E-state index < -0.39 is 28.6 Å². The summed E-state index contributed by atoms with van der Waals surface area (Å²) >= 11 is 5.89. The number of carbonyl (C=O) groups excluding carboxylic acids is 2. The molecule has 0 N–H and O–H groups in total. The third-order valence-electron chi connectivity index (χ3n) is 4.46. The second-order valence-electron chi connectivity index (χ2n) is 6.25. The van der Waals surface area contributed by atoms with Gasteiger partial charge in [-0.05, 0) is 30.2 Å². The number of hydrogen-bond donors (Lipinski definition) is 0. The van der Waals surface area contributed by atoms with Gasteiger partial charge >= 0.3 is 18.0 Å². The Morgan fingerprint density at radius 2 is 1.70 bits per heavy atom. The predicted molar refractivity (Wildman–Crippen MR) is 95.4 cm³/mol. The Hall–Kier alpha value is -2.54. The van der Waals surface area contributed by atoms with Crippen molar-refractivity contribution in [1.82, 2.24) is 4.90 Å². The van der Waals surface area contributed by atoms with E-state index in [1.807, 2.05) is 19.1 Å². The summed E-state index contributed by atoms with van der Waals surface area (Å²) in [5.74, 6) is -1.48. The molecule has 0 bridgehead atoms. The SMILES string of the molecule is Cc1ccccc1N1CCN(Cc2cccc(C(F)(F)F)c2Cl)C(=O)C1=O. The molecule has 1 aliphatic rings. The summed E-state index contributed by atoms with van der Waals surface area (Å²) in [6.45, 7) is 2.13. The fourth-order valence-corrected chi connectivity index (χ4v) is 3.34. The van der Waals surface area contributed by atoms with Crippen LogP contribution in [0, 0.1) is 6.92 Å². The molecule has 2 aromatic rings. The molecule has 0 spiro atoms. The quantitative estimate of drug-likeness (QED) is 0.735. The summed E-state index contributed by atoms with van der Waals surface area (Å²) in [7, 11) is 0. The molecule has 1 heterocycles. The second kappa shape index (κ2) is 7.23. The molecule has 2 amide bonds. The zero-order chi connectivity index (χ0) is 19.8. The Bertz CT molecular complexity index is 899. The molecule has 0 atom stereocenters. The highest BCUT2D eigenvalue weighted by atomic mass is 35.5. The summed E-state index contributed by atoms with van der Waals surface area (Å²) in [5.41, 5.74) is 0.691. The van der Waals surface area contributed by atoms with Crippen molar-refractivity contribution in [2.75, 3.05) is 18.0 Å². The monoisotopic (exact) mass is 396 g/mol. The molecule has 1 saturated heterocycles. The van der Waals surface area contributed by atoms with E-state index in [1.165, 1.54) is 21.9 Å². The zero-order valence-electron chi connectivity index (χ0n) is 14.4. The van der Waals surface area contributed by atoms with Crippen molar-refractivity contribution in [2.45, 2.75) is 19.6 Å². The Morgan fingerprint density at radius 3 is 2.37 bits per heavy atom. The molecule has 27 heavy (non-hydrogen) atoms. The molecular weight excluding hydrogens is 381 g/mol. The van der Waals surface area contributed by atoms with Gasteiger partial charge in [-0.25, -0.2) is 0 Å². The van der Waals surface area contributed by atoms with Crippen molar-refractivity contribution in [3.63, 3.8) is 0 Å². The molecule has 4 nitrogen and oxygen atoms in total. The third kappa shape index (κ3) is 3.78. The van der Waals surface area contributed by atoms with E-state index >= 15 is 0 Å². The maximum Gasteiger partial charge on any atom is 0.417 e. The van der Waals surface area contributed by atoms with Gasteiger partial charge in [0, 0.05) is 25.3 Å². The van der Waals surface area contributed by atoms with Crippen molar-refractivity contribution >= 4 is 29.1 Å². The fourth-order valence-electron chi connectivity index (χ4n) is 3.05. The van der Waals surface area contributed by atoms with E-state index in [0.717, 1.165) is 11.6 Å². The van der Waals surface area contributed by atoms with E-state index in [9.17, 15) is 22.8 Å². The first-order chi connectivity index (χ1) is 12.7. The molecule has 142 valence electrons. The Morgan fingerprint density at radius 1 is 1.00 bits per heavy atom. The number of nitrogens with zero attached hydrogens (tertiary/aromatic N) is 2. The van der Waals surface area contributed by atoms with Crippen LogP contribution in [0.15, 0.2) is 42.5 Å². The van der Waals surface area contributed by atoms with E-state index in [1.54, 1.807) is 12.1 Å². The average Bonchev–Trinajstić information content (AvgIpc) is 2.60. The van der Waals surface area contributed by atoms with Gasteiger partial charge in [0.25, 0.3) is 0 Å². The van der Waals surface area contributed by atoms with Gasteiger partial charge in [0.05, 0.1) is 10.6 Å². The van der Waals surface area contributed by atoms with Crippen LogP contribution in [0.1, 0.15) is 16.7 Å². The highest BCUT2D eigenvalue weighted by molar-refractivity contribution is 6.41. The molecule has 1 aliphatic heterocycles. The van der Waals surface area contributed by atoms with Gasteiger partial charge in [0.2, 0.25) is 0 Å². The van der Waals surface area contributed by atoms with Crippen molar-refractivity contribution in [1.29, 1.82) is 0 Å². The third-order valence-corrected chi connectivity index (χ3v) is 4.91. The number of hydrogen-bond acceptors (Lipinski definition) is 2. The number of aryl methyl sites for hydroxylation is 1. The first-order valence-corrected chi connectivity index (χ1v) is 8.59. The van der Waals surface area contributed by atoms with Gasteiger partial charge in [0.15, 0.2) is 0 Å². The van der Waals surface area contributed by atoms with Crippen LogP contribution in [0.2, 0.25) is 5.02 Å². The fraction of sp³-hybridized carbons (Fsp3) is 0.263. The Balaban J connectivity index is 1.81. The number of halogens is 4. The minimum Gasteiger partial charge on any atom is -0.328 e. The van der Waals surface area contributed by atoms with E-state index in [0.29, 0.717) is 5.69 Å². The molecule has 2 aromatic carbocycles. The lowest BCUT2D eigenvalue weighted by molar-refractivity contribution is -0.146. The number of alkyl halides is 3. The maximum atomic E-state index is 13.0. The molecule has 8 heteroatoms. The van der Waals surface area contributed by atoms with Crippen LogP contribution in [0.25, 0.3) is 0 Å². The summed E-state index contributed by atoms with van der Waals surface area (Å²) in [5, 5.41) is -0.452. The van der Waals surface area contributed by atoms with E-state index in [2.05, 4.69) is 0 Å². The standard InChI is InChI=1S/C19H16ClF3N2O2/c1-12-5-2-3-8-15(12)25-10-9-24(17(26)18(25)27)11-13-6-4-7-14(16(13)20)19(21,22)23/h2-8H,9-11H2,1H3. The number of carbonyl (C=O) groups is 2. The molecule has 0 unspecified atom stereocenters. The Labute approximate surface area is 159 Å². The van der Waals surface area contributed by atoms with Crippen molar-refractivity contribution in [2.24, 2.45) is 0 Å². The molecule has 0 saturated carbocycles. The first kappa shape index (κ1) is 19.2. The lowest BCUT2D eigenvalue weighted by atomic mass is 10.1. The smallest absolute Gasteiger partial charge is 0.328 e. The van der Waals surface area contributed by atoms with Gasteiger partial charge in [-0.2, -0.15) is 13.2 Å². The summed E-state index contributed by atoms with van der Waals surface area (Å²) in [6, 6.07) is 10.7. The zero-order valence-corrected chi connectivity index (χ0v) is 15.1. The van der Waals surface area contributed by atoms with Gasteiger partial charge in [0.1, 0.15) is 0 Å². The van der Waals surface area contributed by atoms with Crippen LogP contribution < -0.4 is 4.90 Å². The average molecular weight is 397 g/mol. The number of benzene rings is 2. The number of rotatable bonds is 3. The summed E-state index contributed by atoms with van der Waals surface area (Å²) in [4.78, 5) is 27.6. The summed E-state index contributed by atoms with van der Waals surface area (Å²) in [6.07, 6.45) is -4.59. The largest absolute Gasteiger partial charge is 0.417 e. The van der Waals surface area contributed by atoms with Crippen molar-refractivity contribution in [3.05, 3.63) is 64.2 Å². The minimum absolute atomic E-state index is 0.150. The number of anilines is 1. The molecule has 0 aromatic heterocycles. The predicted octanol–water partition coefficient (Wildman–Crippen LogP) is 4.04. The maximum absolute atomic E-state index is 13.0. The van der Waals surface area contributed by atoms with Crippen LogP contribution in [-0.4, -0.2) is 29.8 Å². The lowest BCUT2D eigenvalue weighted by Crippen LogP contribution is -2.54. The highest BCUT2D eigenvalue weighted by Crippen LogP contribution is 2.36. The molecular formula is C19H16ClF3N2O2. The number of piperazine rings is 1. The highest BCUT2D eigenvalue weighted by Gasteiger charge is 2.36. The van der Waals surface area contributed by atoms with Gasteiger partial charge in [-0.15, -0.1) is 0 Å². The van der Waals surface area contributed by atoms with Crippen LogP contribution >= 0.6 is 11.6 Å². The molecule has 3 rings (SSSR count).